The fraction of sp³-hybridized carbons (Fsp3) is 0.619. The van der Waals surface area contributed by atoms with Crippen LogP contribution in [0.4, 0.5) is 0 Å². The second-order valence-electron chi connectivity index (χ2n) is 7.55. The lowest BCUT2D eigenvalue weighted by atomic mass is 9.86. The van der Waals surface area contributed by atoms with Crippen molar-refractivity contribution in [3.8, 4) is 0 Å². The van der Waals surface area contributed by atoms with Gasteiger partial charge < -0.3 is 9.80 Å². The first kappa shape index (κ1) is 19.2. The first-order chi connectivity index (χ1) is 12.6. The first-order valence-corrected chi connectivity index (χ1v) is 10.3. The highest BCUT2D eigenvalue weighted by Crippen LogP contribution is 2.27. The molecule has 1 saturated heterocycles. The molecule has 4 nitrogen and oxygen atoms in total. The van der Waals surface area contributed by atoms with Gasteiger partial charge in [-0.25, -0.2) is 0 Å². The first-order valence-electron chi connectivity index (χ1n) is 9.97. The highest BCUT2D eigenvalue weighted by Gasteiger charge is 2.24. The number of nitrogens with zero attached hydrogens (tertiary/aromatic N) is 2. The number of hydrogen-bond donors (Lipinski definition) is 0. The van der Waals surface area contributed by atoms with E-state index in [1.54, 1.807) is 12.1 Å². The third-order valence-electron chi connectivity index (χ3n) is 5.73. The summed E-state index contributed by atoms with van der Waals surface area (Å²) in [6.07, 6.45) is 9.07. The molecule has 0 spiro atoms. The van der Waals surface area contributed by atoms with Crippen molar-refractivity contribution in [2.24, 2.45) is 5.92 Å². The number of carbonyl (C=O) groups is 2. The van der Waals surface area contributed by atoms with Crippen LogP contribution in [0.3, 0.4) is 0 Å². The van der Waals surface area contributed by atoms with Crippen molar-refractivity contribution >= 4 is 23.4 Å². The van der Waals surface area contributed by atoms with E-state index in [4.69, 9.17) is 11.6 Å². The summed E-state index contributed by atoms with van der Waals surface area (Å²) in [6.45, 7) is 2.63. The predicted molar refractivity (Wildman–Crippen MR) is 104 cm³/mol. The summed E-state index contributed by atoms with van der Waals surface area (Å²) in [7, 11) is 0. The van der Waals surface area contributed by atoms with Crippen LogP contribution >= 0.6 is 11.6 Å². The standard InChI is InChI=1S/C21H29ClN2O2/c22-19-10-5-4-9-18(19)21(26)24-14-6-13-23(15-16-24)20(25)12-11-17-7-2-1-3-8-17/h4-5,9-10,17H,1-3,6-8,11-16H2. The van der Waals surface area contributed by atoms with Crippen LogP contribution in [0.1, 0.15) is 61.7 Å². The van der Waals surface area contributed by atoms with E-state index in [0.29, 0.717) is 36.6 Å². The maximum Gasteiger partial charge on any atom is 0.255 e. The molecule has 142 valence electrons. The Hall–Kier alpha value is -1.55. The Labute approximate surface area is 161 Å². The van der Waals surface area contributed by atoms with Crippen LogP contribution < -0.4 is 0 Å². The van der Waals surface area contributed by atoms with Gasteiger partial charge in [-0.2, -0.15) is 0 Å². The van der Waals surface area contributed by atoms with Crippen LogP contribution in [-0.2, 0) is 4.79 Å². The maximum absolute atomic E-state index is 12.7. The number of carbonyl (C=O) groups excluding carboxylic acids is 2. The van der Waals surface area contributed by atoms with E-state index in [1.807, 2.05) is 21.9 Å². The summed E-state index contributed by atoms with van der Waals surface area (Å²) in [5.41, 5.74) is 0.547. The molecule has 0 N–H and O–H groups in total. The van der Waals surface area contributed by atoms with Gasteiger partial charge in [0.15, 0.2) is 0 Å². The van der Waals surface area contributed by atoms with E-state index < -0.39 is 0 Å². The van der Waals surface area contributed by atoms with Gasteiger partial charge in [0.2, 0.25) is 5.91 Å². The molecule has 1 aliphatic heterocycles. The van der Waals surface area contributed by atoms with Crippen molar-refractivity contribution in [3.63, 3.8) is 0 Å². The Morgan fingerprint density at radius 1 is 0.923 bits per heavy atom. The fourth-order valence-electron chi connectivity index (χ4n) is 4.14. The van der Waals surface area contributed by atoms with Gasteiger partial charge in [0, 0.05) is 32.6 Å². The molecule has 3 rings (SSSR count). The van der Waals surface area contributed by atoms with Gasteiger partial charge in [-0.05, 0) is 30.9 Å². The minimum Gasteiger partial charge on any atom is -0.341 e. The van der Waals surface area contributed by atoms with Crippen LogP contribution in [0.25, 0.3) is 0 Å². The minimum absolute atomic E-state index is 0.0351. The van der Waals surface area contributed by atoms with Gasteiger partial charge in [0.05, 0.1) is 10.6 Å². The van der Waals surface area contributed by atoms with Crippen molar-refractivity contribution in [2.45, 2.75) is 51.4 Å². The molecule has 2 amide bonds. The van der Waals surface area contributed by atoms with E-state index in [9.17, 15) is 9.59 Å². The second-order valence-corrected chi connectivity index (χ2v) is 7.96. The number of hydrogen-bond acceptors (Lipinski definition) is 2. The van der Waals surface area contributed by atoms with Gasteiger partial charge in [-0.1, -0.05) is 55.8 Å². The van der Waals surface area contributed by atoms with Crippen LogP contribution in [0.5, 0.6) is 0 Å². The zero-order chi connectivity index (χ0) is 18.4. The fourth-order valence-corrected chi connectivity index (χ4v) is 4.35. The van der Waals surface area contributed by atoms with Crippen LogP contribution in [0, 0.1) is 5.92 Å². The Kier molecular flexibility index (Phi) is 6.95. The summed E-state index contributed by atoms with van der Waals surface area (Å²) < 4.78 is 0. The molecule has 26 heavy (non-hydrogen) atoms. The molecule has 1 heterocycles. The van der Waals surface area contributed by atoms with Crippen LogP contribution in [0.2, 0.25) is 5.02 Å². The number of amides is 2. The van der Waals surface area contributed by atoms with Gasteiger partial charge in [0.1, 0.15) is 0 Å². The van der Waals surface area contributed by atoms with Crippen molar-refractivity contribution in [3.05, 3.63) is 34.9 Å². The number of halogens is 1. The van der Waals surface area contributed by atoms with Gasteiger partial charge in [-0.3, -0.25) is 9.59 Å². The highest BCUT2D eigenvalue weighted by molar-refractivity contribution is 6.33. The molecule has 0 aromatic heterocycles. The van der Waals surface area contributed by atoms with Crippen LogP contribution in [-0.4, -0.2) is 47.8 Å². The van der Waals surface area contributed by atoms with Crippen molar-refractivity contribution < 1.29 is 9.59 Å². The molecule has 2 aliphatic rings. The SMILES string of the molecule is O=C(CCC1CCCCC1)N1CCCN(C(=O)c2ccccc2Cl)CC1. The lowest BCUT2D eigenvalue weighted by Crippen LogP contribution is -2.37. The molecule has 1 saturated carbocycles. The molecule has 1 aromatic carbocycles. The molecule has 0 atom stereocenters. The van der Waals surface area contributed by atoms with Gasteiger partial charge in [-0.15, -0.1) is 0 Å². The summed E-state index contributed by atoms with van der Waals surface area (Å²) in [6, 6.07) is 7.17. The lowest BCUT2D eigenvalue weighted by Gasteiger charge is -2.25. The smallest absolute Gasteiger partial charge is 0.255 e. The third kappa shape index (κ3) is 5.00. The molecular weight excluding hydrogens is 348 g/mol. The van der Waals surface area contributed by atoms with Crippen molar-refractivity contribution in [1.29, 1.82) is 0 Å². The van der Waals surface area contributed by atoms with E-state index in [1.165, 1.54) is 32.1 Å². The molecular formula is C21H29ClN2O2. The third-order valence-corrected chi connectivity index (χ3v) is 6.06. The number of rotatable bonds is 4. The average molecular weight is 377 g/mol. The molecule has 0 unspecified atom stereocenters. The Balaban J connectivity index is 1.50. The van der Waals surface area contributed by atoms with Gasteiger partial charge in [0.25, 0.3) is 5.91 Å². The zero-order valence-electron chi connectivity index (χ0n) is 15.5. The lowest BCUT2D eigenvalue weighted by molar-refractivity contribution is -0.131. The largest absolute Gasteiger partial charge is 0.341 e. The molecule has 5 heteroatoms. The summed E-state index contributed by atoms with van der Waals surface area (Å²) in [4.78, 5) is 29.1. The summed E-state index contributed by atoms with van der Waals surface area (Å²) in [5.74, 6) is 0.952. The number of benzene rings is 1. The topological polar surface area (TPSA) is 40.6 Å². The zero-order valence-corrected chi connectivity index (χ0v) is 16.2. The monoisotopic (exact) mass is 376 g/mol. The van der Waals surface area contributed by atoms with E-state index in [0.717, 1.165) is 25.3 Å². The summed E-state index contributed by atoms with van der Waals surface area (Å²) >= 11 is 6.16. The van der Waals surface area contributed by atoms with Crippen LogP contribution in [0.15, 0.2) is 24.3 Å². The normalized spacial score (nSPS) is 19.3. The molecule has 0 radical (unpaired) electrons. The summed E-state index contributed by atoms with van der Waals surface area (Å²) in [5, 5.41) is 0.488. The Morgan fingerprint density at radius 2 is 1.62 bits per heavy atom. The van der Waals surface area contributed by atoms with Crippen molar-refractivity contribution in [2.75, 3.05) is 26.2 Å². The Morgan fingerprint density at radius 3 is 2.38 bits per heavy atom. The maximum atomic E-state index is 12.7. The Bertz CT molecular complexity index is 628. The van der Waals surface area contributed by atoms with Gasteiger partial charge >= 0.3 is 0 Å². The molecule has 1 aromatic rings. The quantitative estimate of drug-likeness (QED) is 0.782. The average Bonchev–Trinajstić information content (AvgIpc) is 2.93. The molecule has 1 aliphatic carbocycles. The van der Waals surface area contributed by atoms with E-state index in [-0.39, 0.29) is 11.8 Å². The predicted octanol–water partition coefficient (Wildman–Crippen LogP) is 4.38. The minimum atomic E-state index is -0.0351. The highest BCUT2D eigenvalue weighted by atomic mass is 35.5. The molecule has 2 fully saturated rings. The second kappa shape index (κ2) is 9.40. The van der Waals surface area contributed by atoms with E-state index in [2.05, 4.69) is 0 Å². The van der Waals surface area contributed by atoms with Crippen molar-refractivity contribution in [1.82, 2.24) is 9.80 Å². The van der Waals surface area contributed by atoms with E-state index >= 15 is 0 Å². The molecule has 0 bridgehead atoms.